The van der Waals surface area contributed by atoms with E-state index in [1.165, 1.54) is 13.4 Å². The van der Waals surface area contributed by atoms with Crippen molar-refractivity contribution in [3.63, 3.8) is 0 Å². The SMILES string of the molecule is CNC(=O)c1cc(-c2cc([C@H]3CNC[C@H](COC)N3C(C)=O)cc(Cl)n2)ncn1. The van der Waals surface area contributed by atoms with Gasteiger partial charge in [-0.05, 0) is 23.8 Å². The molecule has 0 bridgehead atoms. The molecule has 3 rings (SSSR count). The summed E-state index contributed by atoms with van der Waals surface area (Å²) in [5.41, 5.74) is 2.01. The molecule has 2 atom stereocenters. The molecule has 2 aromatic heterocycles. The van der Waals surface area contributed by atoms with Gasteiger partial charge in [0, 0.05) is 34.2 Å². The number of aromatic nitrogens is 3. The van der Waals surface area contributed by atoms with Crippen molar-refractivity contribution in [1.82, 2.24) is 30.5 Å². The molecular formula is C19H23ClN6O3. The lowest BCUT2D eigenvalue weighted by Gasteiger charge is -2.42. The van der Waals surface area contributed by atoms with Gasteiger partial charge in [-0.15, -0.1) is 0 Å². The van der Waals surface area contributed by atoms with Gasteiger partial charge in [0.1, 0.15) is 17.2 Å². The van der Waals surface area contributed by atoms with Gasteiger partial charge in [-0.1, -0.05) is 11.6 Å². The molecule has 154 valence electrons. The maximum absolute atomic E-state index is 12.4. The number of ether oxygens (including phenoxy) is 1. The summed E-state index contributed by atoms with van der Waals surface area (Å²) in [6, 6.07) is 4.80. The highest BCUT2D eigenvalue weighted by molar-refractivity contribution is 6.29. The van der Waals surface area contributed by atoms with Crippen LogP contribution in [0.4, 0.5) is 0 Å². The normalized spacial score (nSPS) is 19.1. The Hall–Kier alpha value is -2.62. The molecule has 0 saturated carbocycles. The Morgan fingerprint density at radius 3 is 2.76 bits per heavy atom. The van der Waals surface area contributed by atoms with E-state index in [-0.39, 0.29) is 34.7 Å². The van der Waals surface area contributed by atoms with Crippen molar-refractivity contribution in [1.29, 1.82) is 0 Å². The predicted molar refractivity (Wildman–Crippen MR) is 107 cm³/mol. The molecule has 1 fully saturated rings. The number of carbonyl (C=O) groups excluding carboxylic acids is 2. The fraction of sp³-hybridized carbons (Fsp3) is 0.421. The molecule has 1 aliphatic rings. The van der Waals surface area contributed by atoms with Gasteiger partial charge in [0.2, 0.25) is 5.91 Å². The lowest BCUT2D eigenvalue weighted by Crippen LogP contribution is -2.56. The number of nitrogens with one attached hydrogen (secondary N) is 2. The second-order valence-corrected chi connectivity index (χ2v) is 7.07. The highest BCUT2D eigenvalue weighted by atomic mass is 35.5. The molecular weight excluding hydrogens is 396 g/mol. The highest BCUT2D eigenvalue weighted by Crippen LogP contribution is 2.30. The van der Waals surface area contributed by atoms with Gasteiger partial charge >= 0.3 is 0 Å². The molecule has 2 aromatic rings. The first kappa shape index (κ1) is 21.1. The van der Waals surface area contributed by atoms with Gasteiger partial charge < -0.3 is 20.3 Å². The van der Waals surface area contributed by atoms with Crippen molar-refractivity contribution in [3.05, 3.63) is 40.9 Å². The van der Waals surface area contributed by atoms with Crippen LogP contribution in [-0.4, -0.2) is 71.6 Å². The zero-order chi connectivity index (χ0) is 21.0. The van der Waals surface area contributed by atoms with E-state index in [1.54, 1.807) is 26.2 Å². The molecule has 0 spiro atoms. The lowest BCUT2D eigenvalue weighted by molar-refractivity contribution is -0.136. The number of piperazine rings is 1. The van der Waals surface area contributed by atoms with Crippen molar-refractivity contribution in [3.8, 4) is 11.4 Å². The Labute approximate surface area is 173 Å². The summed E-state index contributed by atoms with van der Waals surface area (Å²) in [5, 5.41) is 6.15. The number of hydrogen-bond donors (Lipinski definition) is 2. The van der Waals surface area contributed by atoms with Gasteiger partial charge in [0.15, 0.2) is 0 Å². The smallest absolute Gasteiger partial charge is 0.269 e. The molecule has 9 nitrogen and oxygen atoms in total. The molecule has 0 unspecified atom stereocenters. The molecule has 10 heteroatoms. The van der Waals surface area contributed by atoms with E-state index in [0.29, 0.717) is 31.1 Å². The molecule has 0 aliphatic carbocycles. The van der Waals surface area contributed by atoms with Gasteiger partial charge in [-0.2, -0.15) is 0 Å². The van der Waals surface area contributed by atoms with Crippen LogP contribution >= 0.6 is 11.6 Å². The summed E-state index contributed by atoms with van der Waals surface area (Å²) in [5.74, 6) is -0.366. The zero-order valence-electron chi connectivity index (χ0n) is 16.5. The largest absolute Gasteiger partial charge is 0.382 e. The number of hydrogen-bond acceptors (Lipinski definition) is 7. The third-order valence-electron chi connectivity index (χ3n) is 4.76. The Balaban J connectivity index is 2.00. The Morgan fingerprint density at radius 2 is 2.07 bits per heavy atom. The summed E-state index contributed by atoms with van der Waals surface area (Å²) < 4.78 is 5.28. The van der Waals surface area contributed by atoms with Crippen LogP contribution < -0.4 is 10.6 Å². The van der Waals surface area contributed by atoms with Crippen molar-refractivity contribution in [2.24, 2.45) is 0 Å². The number of halogens is 1. The number of carbonyl (C=O) groups is 2. The highest BCUT2D eigenvalue weighted by Gasteiger charge is 2.33. The third-order valence-corrected chi connectivity index (χ3v) is 4.95. The van der Waals surface area contributed by atoms with Crippen LogP contribution in [-0.2, 0) is 9.53 Å². The number of methoxy groups -OCH3 is 1. The van der Waals surface area contributed by atoms with E-state index in [2.05, 4.69) is 25.6 Å². The maximum Gasteiger partial charge on any atom is 0.269 e. The van der Waals surface area contributed by atoms with E-state index in [1.807, 2.05) is 11.0 Å². The Bertz CT molecular complexity index is 907. The topological polar surface area (TPSA) is 109 Å². The minimum absolute atomic E-state index is 0.0445. The summed E-state index contributed by atoms with van der Waals surface area (Å²) in [6.45, 7) is 3.20. The van der Waals surface area contributed by atoms with E-state index in [9.17, 15) is 9.59 Å². The second kappa shape index (κ2) is 9.25. The van der Waals surface area contributed by atoms with Gasteiger partial charge in [0.25, 0.3) is 5.91 Å². The van der Waals surface area contributed by atoms with Gasteiger partial charge in [0.05, 0.1) is 30.1 Å². The number of amides is 2. The molecule has 1 aliphatic heterocycles. The van der Waals surface area contributed by atoms with Crippen molar-refractivity contribution in [2.75, 3.05) is 33.9 Å². The number of pyridine rings is 1. The van der Waals surface area contributed by atoms with E-state index in [4.69, 9.17) is 16.3 Å². The Morgan fingerprint density at radius 1 is 1.28 bits per heavy atom. The number of rotatable bonds is 5. The van der Waals surface area contributed by atoms with Crippen LogP contribution in [0.3, 0.4) is 0 Å². The molecule has 2 N–H and O–H groups in total. The standard InChI is InChI=1S/C19H23ClN6O3/c1-11(27)26-13(9-29-3)7-22-8-17(26)12-4-15(25-18(20)5-12)14-6-16(19(28)21-2)24-10-23-14/h4-6,10,13,17,22H,7-9H2,1-3H3,(H,21,28)/t13-,17-/m1/s1. The van der Waals surface area contributed by atoms with Gasteiger partial charge in [-0.25, -0.2) is 15.0 Å². The summed E-state index contributed by atoms with van der Waals surface area (Å²) in [4.78, 5) is 38.6. The van der Waals surface area contributed by atoms with Crippen LogP contribution in [0.5, 0.6) is 0 Å². The fourth-order valence-electron chi connectivity index (χ4n) is 3.51. The molecule has 29 heavy (non-hydrogen) atoms. The molecule has 3 heterocycles. The average Bonchev–Trinajstić information content (AvgIpc) is 2.72. The van der Waals surface area contributed by atoms with Gasteiger partial charge in [-0.3, -0.25) is 9.59 Å². The third kappa shape index (κ3) is 4.69. The monoisotopic (exact) mass is 418 g/mol. The molecule has 0 radical (unpaired) electrons. The lowest BCUT2D eigenvalue weighted by atomic mass is 9.99. The van der Waals surface area contributed by atoms with Crippen LogP contribution in [0, 0.1) is 0 Å². The quantitative estimate of drug-likeness (QED) is 0.698. The first-order valence-electron chi connectivity index (χ1n) is 9.15. The van der Waals surface area contributed by atoms with Crippen molar-refractivity contribution >= 4 is 23.4 Å². The van der Waals surface area contributed by atoms with Crippen LogP contribution in [0.25, 0.3) is 11.4 Å². The van der Waals surface area contributed by atoms with Crippen molar-refractivity contribution < 1.29 is 14.3 Å². The fourth-order valence-corrected chi connectivity index (χ4v) is 3.73. The minimum atomic E-state index is -0.322. The minimum Gasteiger partial charge on any atom is -0.382 e. The zero-order valence-corrected chi connectivity index (χ0v) is 17.2. The van der Waals surface area contributed by atoms with Crippen LogP contribution in [0.15, 0.2) is 24.5 Å². The predicted octanol–water partition coefficient (Wildman–Crippen LogP) is 1.06. The molecule has 2 amide bonds. The molecule has 1 saturated heterocycles. The maximum atomic E-state index is 12.4. The van der Waals surface area contributed by atoms with E-state index < -0.39 is 0 Å². The van der Waals surface area contributed by atoms with E-state index in [0.717, 1.165) is 5.56 Å². The van der Waals surface area contributed by atoms with Crippen molar-refractivity contribution in [2.45, 2.75) is 19.0 Å². The summed E-state index contributed by atoms with van der Waals surface area (Å²) in [6.07, 6.45) is 1.31. The Kier molecular flexibility index (Phi) is 6.73. The first-order valence-corrected chi connectivity index (χ1v) is 9.53. The number of nitrogens with zero attached hydrogens (tertiary/aromatic N) is 4. The van der Waals surface area contributed by atoms with Crippen LogP contribution in [0.1, 0.15) is 29.0 Å². The van der Waals surface area contributed by atoms with Crippen LogP contribution in [0.2, 0.25) is 5.15 Å². The van der Waals surface area contributed by atoms with E-state index >= 15 is 0 Å². The summed E-state index contributed by atoms with van der Waals surface area (Å²) >= 11 is 6.29. The first-order chi connectivity index (χ1) is 13.9. The second-order valence-electron chi connectivity index (χ2n) is 6.69. The average molecular weight is 419 g/mol. The molecule has 0 aromatic carbocycles. The summed E-state index contributed by atoms with van der Waals surface area (Å²) in [7, 11) is 3.14.